The van der Waals surface area contributed by atoms with Crippen LogP contribution in [0.15, 0.2) is 34.8 Å². The lowest BCUT2D eigenvalue weighted by Gasteiger charge is -2.26. The molecule has 0 bridgehead atoms. The molecule has 4 heterocycles. The summed E-state index contributed by atoms with van der Waals surface area (Å²) < 4.78 is 7.80. The van der Waals surface area contributed by atoms with Crippen LogP contribution >= 0.6 is 0 Å². The third-order valence-electron chi connectivity index (χ3n) is 5.76. The third kappa shape index (κ3) is 4.52. The van der Waals surface area contributed by atoms with Gasteiger partial charge in [-0.2, -0.15) is 35.7 Å². The molecule has 1 unspecified atom stereocenters. The van der Waals surface area contributed by atoms with E-state index in [1.807, 2.05) is 13.8 Å². The normalized spacial score (nSPS) is 16.3. The summed E-state index contributed by atoms with van der Waals surface area (Å²) in [7, 11) is 1.73. The Kier molecular flexibility index (Phi) is 6.41. The monoisotopic (exact) mass is 459 g/mol. The van der Waals surface area contributed by atoms with E-state index >= 15 is 0 Å². The van der Waals surface area contributed by atoms with E-state index in [1.165, 1.54) is 11.0 Å². The van der Waals surface area contributed by atoms with Crippen molar-refractivity contribution in [1.82, 2.24) is 29.5 Å². The lowest BCUT2D eigenvalue weighted by Crippen LogP contribution is -2.32. The fourth-order valence-corrected chi connectivity index (χ4v) is 3.99. The smallest absolute Gasteiger partial charge is 0.179 e. The van der Waals surface area contributed by atoms with E-state index in [0.717, 1.165) is 12.8 Å². The molecule has 1 aliphatic rings. The maximum absolute atomic E-state index is 9.56. The molecule has 3 aromatic heterocycles. The summed E-state index contributed by atoms with van der Waals surface area (Å²) in [4.78, 5) is 8.02. The second-order valence-electron chi connectivity index (χ2n) is 8.09. The van der Waals surface area contributed by atoms with Gasteiger partial charge < -0.3 is 15.5 Å². The molecule has 4 rings (SSSR count). The molecule has 1 fully saturated rings. The van der Waals surface area contributed by atoms with Gasteiger partial charge in [-0.25, -0.2) is 4.52 Å². The van der Waals surface area contributed by atoms with Crippen LogP contribution in [0.25, 0.3) is 5.52 Å². The molecule has 1 saturated heterocycles. The Hall–Kier alpha value is -4.45. The summed E-state index contributed by atoms with van der Waals surface area (Å²) in [5.74, 6) is 6.23. The van der Waals surface area contributed by atoms with Crippen molar-refractivity contribution in [3.63, 3.8) is 0 Å². The molecule has 2 N–H and O–H groups in total. The van der Waals surface area contributed by atoms with Crippen molar-refractivity contribution in [3.8, 4) is 18.0 Å². The second kappa shape index (κ2) is 9.58. The Balaban J connectivity index is 1.68. The van der Waals surface area contributed by atoms with E-state index in [2.05, 4.69) is 32.7 Å². The molecule has 0 aromatic carbocycles. The van der Waals surface area contributed by atoms with Crippen LogP contribution in [0.2, 0.25) is 0 Å². The van der Waals surface area contributed by atoms with Gasteiger partial charge in [0.2, 0.25) is 0 Å². The molecular formula is C22H25N11O. The van der Waals surface area contributed by atoms with Crippen molar-refractivity contribution in [1.29, 1.82) is 10.5 Å². The number of nitriles is 2. The fourth-order valence-electron chi connectivity index (χ4n) is 3.99. The maximum Gasteiger partial charge on any atom is 0.179 e. The number of nitrogens with two attached hydrogens (primary N) is 1. The molecule has 0 spiro atoms. The predicted octanol–water partition coefficient (Wildman–Crippen LogP) is 1.54. The molecule has 0 aliphatic carbocycles. The van der Waals surface area contributed by atoms with E-state index in [-0.39, 0.29) is 6.04 Å². The number of fused-ring (bicyclic) bond motifs is 1. The van der Waals surface area contributed by atoms with Crippen LogP contribution in [-0.4, -0.2) is 60.1 Å². The van der Waals surface area contributed by atoms with Gasteiger partial charge in [0.05, 0.1) is 24.1 Å². The Labute approximate surface area is 196 Å². The minimum atomic E-state index is -0.424. The van der Waals surface area contributed by atoms with Crippen molar-refractivity contribution in [2.45, 2.75) is 38.8 Å². The van der Waals surface area contributed by atoms with Crippen LogP contribution in [0, 0.1) is 22.8 Å². The highest BCUT2D eigenvalue weighted by atomic mass is 16.5. The summed E-state index contributed by atoms with van der Waals surface area (Å²) in [5.41, 5.74) is 3.40. The van der Waals surface area contributed by atoms with E-state index in [4.69, 9.17) is 20.8 Å². The largest absolute Gasteiger partial charge is 0.482 e. The van der Waals surface area contributed by atoms with Crippen LogP contribution in [0.1, 0.15) is 49.6 Å². The standard InChI is InChI=1S/C22H25N11O/c1-14(28-18-4-6-32(13-24)7-5-18)21(29-25)16-8-20(22-17(9-23)10-27-33(22)12-16)34-15(2)19-11-26-31(3)30-19/h8,10-12,15,18H,4-7,25H2,1-3H3/b28-14?,29-21+. The van der Waals surface area contributed by atoms with E-state index < -0.39 is 6.10 Å². The molecule has 174 valence electrons. The van der Waals surface area contributed by atoms with Crippen LogP contribution in [0.5, 0.6) is 5.75 Å². The van der Waals surface area contributed by atoms with E-state index in [0.29, 0.717) is 52.6 Å². The molecule has 3 aromatic rings. The van der Waals surface area contributed by atoms with Gasteiger partial charge in [-0.15, -0.1) is 0 Å². The number of hydrazone groups is 1. The summed E-state index contributed by atoms with van der Waals surface area (Å²) in [6, 6.07) is 4.03. The number of aliphatic imine (C=N–C) groups is 1. The number of rotatable bonds is 6. The van der Waals surface area contributed by atoms with Gasteiger partial charge in [-0.3, -0.25) is 4.99 Å². The first-order valence-corrected chi connectivity index (χ1v) is 10.9. The lowest BCUT2D eigenvalue weighted by molar-refractivity contribution is 0.223. The fraction of sp³-hybridized carbons (Fsp3) is 0.409. The van der Waals surface area contributed by atoms with Crippen LogP contribution < -0.4 is 10.6 Å². The highest BCUT2D eigenvalue weighted by molar-refractivity contribution is 6.47. The number of ether oxygens (including phenoxy) is 1. The molecule has 0 saturated carbocycles. The SMILES string of the molecule is CC(=NC1CCN(C#N)CC1)/C(=N\N)c1cc(OC(C)c2cnn(C)n2)c2c(C#N)cnn2c1. The van der Waals surface area contributed by atoms with Crippen molar-refractivity contribution >= 4 is 16.9 Å². The molecule has 1 aliphatic heterocycles. The Morgan fingerprint density at radius 2 is 2.03 bits per heavy atom. The molecule has 34 heavy (non-hydrogen) atoms. The highest BCUT2D eigenvalue weighted by Crippen LogP contribution is 2.29. The highest BCUT2D eigenvalue weighted by Gasteiger charge is 2.22. The minimum absolute atomic E-state index is 0.0902. The average molecular weight is 460 g/mol. The van der Waals surface area contributed by atoms with Crippen molar-refractivity contribution in [2.24, 2.45) is 23.0 Å². The molecular weight excluding hydrogens is 434 g/mol. The zero-order valence-corrected chi connectivity index (χ0v) is 19.3. The van der Waals surface area contributed by atoms with E-state index in [1.54, 1.807) is 34.9 Å². The van der Waals surface area contributed by atoms with Crippen LogP contribution in [0.4, 0.5) is 0 Å². The molecule has 0 radical (unpaired) electrons. The summed E-state index contributed by atoms with van der Waals surface area (Å²) in [5, 5.41) is 35.3. The van der Waals surface area contributed by atoms with Gasteiger partial charge in [0.25, 0.3) is 0 Å². The van der Waals surface area contributed by atoms with Gasteiger partial charge in [-0.1, -0.05) is 0 Å². The number of hydrogen-bond acceptors (Lipinski definition) is 10. The van der Waals surface area contributed by atoms with Gasteiger partial charge in [0.15, 0.2) is 6.19 Å². The Bertz CT molecular complexity index is 1330. The van der Waals surface area contributed by atoms with Gasteiger partial charge >= 0.3 is 0 Å². The summed E-state index contributed by atoms with van der Waals surface area (Å²) >= 11 is 0. The summed E-state index contributed by atoms with van der Waals surface area (Å²) in [6.45, 7) is 5.08. The second-order valence-corrected chi connectivity index (χ2v) is 8.09. The molecule has 12 nitrogen and oxygen atoms in total. The number of aromatic nitrogens is 5. The average Bonchev–Trinajstić information content (AvgIpc) is 3.46. The Morgan fingerprint density at radius 3 is 2.65 bits per heavy atom. The number of hydrogen-bond donors (Lipinski definition) is 1. The van der Waals surface area contributed by atoms with Crippen molar-refractivity contribution in [3.05, 3.63) is 41.5 Å². The Morgan fingerprint density at radius 1 is 1.26 bits per heavy atom. The first kappa shape index (κ1) is 22.7. The third-order valence-corrected chi connectivity index (χ3v) is 5.76. The number of piperidine rings is 1. The topological polar surface area (TPSA) is 159 Å². The first-order valence-electron chi connectivity index (χ1n) is 10.9. The minimum Gasteiger partial charge on any atom is -0.482 e. The van der Waals surface area contributed by atoms with Gasteiger partial charge in [0.1, 0.15) is 40.4 Å². The van der Waals surface area contributed by atoms with Crippen molar-refractivity contribution < 1.29 is 4.74 Å². The zero-order valence-electron chi connectivity index (χ0n) is 19.3. The molecule has 0 amide bonds. The maximum atomic E-state index is 9.56. The number of nitrogens with zero attached hydrogens (tertiary/aromatic N) is 10. The number of likely N-dealkylation sites (tertiary alicyclic amines) is 1. The molecule has 12 heteroatoms. The van der Waals surface area contributed by atoms with Crippen molar-refractivity contribution in [2.75, 3.05) is 13.1 Å². The zero-order chi connectivity index (χ0) is 24.2. The predicted molar refractivity (Wildman–Crippen MR) is 124 cm³/mol. The van der Waals surface area contributed by atoms with Crippen LogP contribution in [-0.2, 0) is 7.05 Å². The number of aryl methyl sites for hydroxylation is 1. The first-order chi connectivity index (χ1) is 16.4. The van der Waals surface area contributed by atoms with Gasteiger partial charge in [-0.05, 0) is 32.8 Å². The lowest BCUT2D eigenvalue weighted by atomic mass is 10.0. The van der Waals surface area contributed by atoms with Gasteiger partial charge in [0, 0.05) is 31.9 Å². The van der Waals surface area contributed by atoms with Crippen LogP contribution in [0.3, 0.4) is 0 Å². The quantitative estimate of drug-likeness (QED) is 0.251. The van der Waals surface area contributed by atoms with E-state index in [9.17, 15) is 5.26 Å². The number of pyridine rings is 1. The molecule has 1 atom stereocenters. The summed E-state index contributed by atoms with van der Waals surface area (Å²) in [6.07, 6.45) is 8.20.